The monoisotopic (exact) mass is 406 g/mol. The Kier molecular flexibility index (Phi) is 5.94. The standard InChI is InChI=1S/C20H17ClF2N2O3/c1-25(11-12-5-6-16(28-20(22)23)17(8-12)27-2)19(26)15-10-14(21)9-13-4-3-7-24-18(13)15/h3-10,20H,11H2,1-2H3. The van der Waals surface area contributed by atoms with Crippen LogP contribution in [-0.4, -0.2) is 36.6 Å². The highest BCUT2D eigenvalue weighted by molar-refractivity contribution is 6.32. The summed E-state index contributed by atoms with van der Waals surface area (Å²) in [6, 6.07) is 11.5. The molecule has 2 aromatic carbocycles. The maximum atomic E-state index is 13.0. The normalized spacial score (nSPS) is 10.9. The minimum Gasteiger partial charge on any atom is -0.493 e. The first-order valence-corrected chi connectivity index (χ1v) is 8.68. The first-order chi connectivity index (χ1) is 13.4. The van der Waals surface area contributed by atoms with Gasteiger partial charge in [-0.3, -0.25) is 9.78 Å². The molecule has 0 aliphatic rings. The third kappa shape index (κ3) is 4.31. The lowest BCUT2D eigenvalue weighted by Gasteiger charge is -2.19. The number of alkyl halides is 2. The summed E-state index contributed by atoms with van der Waals surface area (Å²) in [5, 5.41) is 1.20. The number of methoxy groups -OCH3 is 1. The van der Waals surface area contributed by atoms with Gasteiger partial charge in [-0.1, -0.05) is 23.7 Å². The molecule has 0 unspecified atom stereocenters. The number of rotatable bonds is 6. The molecule has 146 valence electrons. The van der Waals surface area contributed by atoms with Crippen LogP contribution in [-0.2, 0) is 6.54 Å². The van der Waals surface area contributed by atoms with Gasteiger partial charge in [0.2, 0.25) is 0 Å². The van der Waals surface area contributed by atoms with E-state index in [2.05, 4.69) is 9.72 Å². The Morgan fingerprint density at radius 1 is 1.21 bits per heavy atom. The molecular formula is C20H17ClF2N2O3. The third-order valence-corrected chi connectivity index (χ3v) is 4.33. The summed E-state index contributed by atoms with van der Waals surface area (Å²) >= 11 is 6.14. The summed E-state index contributed by atoms with van der Waals surface area (Å²) in [5.41, 5.74) is 1.63. The molecule has 0 fully saturated rings. The van der Waals surface area contributed by atoms with Crippen molar-refractivity contribution in [3.8, 4) is 11.5 Å². The lowest BCUT2D eigenvalue weighted by molar-refractivity contribution is -0.0512. The van der Waals surface area contributed by atoms with Gasteiger partial charge in [-0.25, -0.2) is 0 Å². The molecular weight excluding hydrogens is 390 g/mol. The number of hydrogen-bond acceptors (Lipinski definition) is 4. The van der Waals surface area contributed by atoms with Crippen molar-refractivity contribution >= 4 is 28.4 Å². The van der Waals surface area contributed by atoms with Crippen LogP contribution in [0.2, 0.25) is 5.02 Å². The predicted molar refractivity (Wildman–Crippen MR) is 102 cm³/mol. The van der Waals surface area contributed by atoms with Gasteiger partial charge in [-0.05, 0) is 35.9 Å². The van der Waals surface area contributed by atoms with Crippen molar-refractivity contribution in [1.29, 1.82) is 0 Å². The van der Waals surface area contributed by atoms with Crippen LogP contribution >= 0.6 is 11.6 Å². The quantitative estimate of drug-likeness (QED) is 0.591. The van der Waals surface area contributed by atoms with Gasteiger partial charge in [0.1, 0.15) is 0 Å². The molecule has 8 heteroatoms. The van der Waals surface area contributed by atoms with Gasteiger partial charge in [0.05, 0.1) is 18.2 Å². The topological polar surface area (TPSA) is 51.7 Å². The van der Waals surface area contributed by atoms with Crippen LogP contribution in [0.15, 0.2) is 48.7 Å². The second-order valence-corrected chi connectivity index (χ2v) is 6.49. The van der Waals surface area contributed by atoms with Crippen LogP contribution in [0.1, 0.15) is 15.9 Å². The van der Waals surface area contributed by atoms with E-state index < -0.39 is 6.61 Å². The summed E-state index contributed by atoms with van der Waals surface area (Å²) in [7, 11) is 2.99. The highest BCUT2D eigenvalue weighted by Gasteiger charge is 2.18. The highest BCUT2D eigenvalue weighted by atomic mass is 35.5. The fraction of sp³-hybridized carbons (Fsp3) is 0.200. The number of pyridine rings is 1. The lowest BCUT2D eigenvalue weighted by atomic mass is 10.1. The first kappa shape index (κ1) is 19.8. The van der Waals surface area contributed by atoms with Gasteiger partial charge in [-0.2, -0.15) is 8.78 Å². The van der Waals surface area contributed by atoms with E-state index in [-0.39, 0.29) is 24.0 Å². The largest absolute Gasteiger partial charge is 0.493 e. The molecule has 0 spiro atoms. The van der Waals surface area contributed by atoms with Crippen LogP contribution in [0.25, 0.3) is 10.9 Å². The molecule has 1 amide bonds. The Morgan fingerprint density at radius 3 is 2.71 bits per heavy atom. The summed E-state index contributed by atoms with van der Waals surface area (Å²) in [6.45, 7) is -2.72. The number of halogens is 3. The summed E-state index contributed by atoms with van der Waals surface area (Å²) in [5.74, 6) is -0.174. The maximum Gasteiger partial charge on any atom is 0.387 e. The van der Waals surface area contributed by atoms with Crippen molar-refractivity contribution in [2.24, 2.45) is 0 Å². The predicted octanol–water partition coefficient (Wildman–Crippen LogP) is 4.77. The van der Waals surface area contributed by atoms with E-state index in [9.17, 15) is 13.6 Å². The zero-order chi connectivity index (χ0) is 20.3. The Balaban J connectivity index is 1.85. The van der Waals surface area contributed by atoms with E-state index in [1.807, 2.05) is 6.07 Å². The number of carbonyl (C=O) groups excluding carboxylic acids is 1. The number of aromatic nitrogens is 1. The number of nitrogens with zero attached hydrogens (tertiary/aromatic N) is 2. The zero-order valence-electron chi connectivity index (χ0n) is 15.2. The van der Waals surface area contributed by atoms with Crippen molar-refractivity contribution in [3.05, 3.63) is 64.8 Å². The summed E-state index contributed by atoms with van der Waals surface area (Å²) < 4.78 is 34.4. The Hall–Kier alpha value is -2.93. The van der Waals surface area contributed by atoms with Gasteiger partial charge in [0.25, 0.3) is 5.91 Å². The molecule has 0 atom stereocenters. The second kappa shape index (κ2) is 8.39. The number of fused-ring (bicyclic) bond motifs is 1. The van der Waals surface area contributed by atoms with E-state index in [1.165, 1.54) is 18.1 Å². The molecule has 1 aromatic heterocycles. The fourth-order valence-corrected chi connectivity index (χ4v) is 3.10. The Bertz CT molecular complexity index is 1010. The SMILES string of the molecule is COc1cc(CN(C)C(=O)c2cc(Cl)cc3cccnc23)ccc1OC(F)F. The molecule has 0 aliphatic carbocycles. The van der Waals surface area contributed by atoms with E-state index in [1.54, 1.807) is 43.6 Å². The van der Waals surface area contributed by atoms with Crippen molar-refractivity contribution < 1.29 is 23.0 Å². The molecule has 0 bridgehead atoms. The fourth-order valence-electron chi connectivity index (χ4n) is 2.87. The molecule has 0 saturated carbocycles. The number of amides is 1. The average molecular weight is 407 g/mol. The van der Waals surface area contributed by atoms with Crippen molar-refractivity contribution in [3.63, 3.8) is 0 Å². The molecule has 1 heterocycles. The minimum absolute atomic E-state index is 0.0692. The summed E-state index contributed by atoms with van der Waals surface area (Å²) in [4.78, 5) is 18.7. The second-order valence-electron chi connectivity index (χ2n) is 6.05. The molecule has 3 aromatic rings. The molecule has 5 nitrogen and oxygen atoms in total. The summed E-state index contributed by atoms with van der Waals surface area (Å²) in [6.07, 6.45) is 1.61. The van der Waals surface area contributed by atoms with Crippen LogP contribution in [0, 0.1) is 0 Å². The van der Waals surface area contributed by atoms with Crippen molar-refractivity contribution in [2.45, 2.75) is 13.2 Å². The van der Waals surface area contributed by atoms with E-state index >= 15 is 0 Å². The molecule has 0 saturated heterocycles. The molecule has 0 N–H and O–H groups in total. The Labute approximate surface area is 165 Å². The molecule has 3 rings (SSSR count). The van der Waals surface area contributed by atoms with Crippen LogP contribution in [0.4, 0.5) is 8.78 Å². The van der Waals surface area contributed by atoms with Gasteiger partial charge in [0, 0.05) is 30.2 Å². The van der Waals surface area contributed by atoms with Crippen LogP contribution in [0.3, 0.4) is 0 Å². The third-order valence-electron chi connectivity index (χ3n) is 4.11. The molecule has 0 aliphatic heterocycles. The van der Waals surface area contributed by atoms with Crippen molar-refractivity contribution in [2.75, 3.05) is 14.2 Å². The van der Waals surface area contributed by atoms with Gasteiger partial charge in [0.15, 0.2) is 11.5 Å². The number of carbonyl (C=O) groups is 1. The maximum absolute atomic E-state index is 13.0. The van der Waals surface area contributed by atoms with Gasteiger partial charge >= 0.3 is 6.61 Å². The van der Waals surface area contributed by atoms with E-state index in [0.717, 1.165) is 5.39 Å². The number of hydrogen-bond donors (Lipinski definition) is 0. The minimum atomic E-state index is -2.95. The zero-order valence-corrected chi connectivity index (χ0v) is 15.9. The average Bonchev–Trinajstić information content (AvgIpc) is 2.67. The van der Waals surface area contributed by atoms with Crippen molar-refractivity contribution in [1.82, 2.24) is 9.88 Å². The number of benzene rings is 2. The highest BCUT2D eigenvalue weighted by Crippen LogP contribution is 2.30. The van der Waals surface area contributed by atoms with Crippen LogP contribution in [0.5, 0.6) is 11.5 Å². The smallest absolute Gasteiger partial charge is 0.387 e. The van der Waals surface area contributed by atoms with E-state index in [4.69, 9.17) is 16.3 Å². The molecule has 0 radical (unpaired) electrons. The van der Waals surface area contributed by atoms with Crippen LogP contribution < -0.4 is 9.47 Å². The number of ether oxygens (including phenoxy) is 2. The molecule has 28 heavy (non-hydrogen) atoms. The van der Waals surface area contributed by atoms with E-state index in [0.29, 0.717) is 21.7 Å². The first-order valence-electron chi connectivity index (χ1n) is 8.30. The van der Waals surface area contributed by atoms with Gasteiger partial charge in [-0.15, -0.1) is 0 Å². The van der Waals surface area contributed by atoms with Gasteiger partial charge < -0.3 is 14.4 Å². The Morgan fingerprint density at radius 2 is 2.00 bits per heavy atom. The lowest BCUT2D eigenvalue weighted by Crippen LogP contribution is -2.26.